The Hall–Kier alpha value is -2.76. The number of carbonyl (C=O) groups excluding carboxylic acids is 1. The molecule has 152 valence electrons. The summed E-state index contributed by atoms with van der Waals surface area (Å²) in [6.07, 6.45) is 0. The molecule has 0 fully saturated rings. The fourth-order valence-electron chi connectivity index (χ4n) is 3.26. The number of nitrogens with one attached hydrogen (secondary N) is 1. The molecule has 4 rings (SSSR count). The summed E-state index contributed by atoms with van der Waals surface area (Å²) < 4.78 is 2.19. The lowest BCUT2D eigenvalue weighted by atomic mass is 10.1. The Labute approximate surface area is 185 Å². The van der Waals surface area contributed by atoms with Gasteiger partial charge in [-0.25, -0.2) is 4.98 Å². The predicted molar refractivity (Wildman–Crippen MR) is 124 cm³/mol. The van der Waals surface area contributed by atoms with Crippen molar-refractivity contribution in [2.75, 3.05) is 5.75 Å². The number of hydrogen-bond acceptors (Lipinski definition) is 3. The normalized spacial score (nSPS) is 11.0. The van der Waals surface area contributed by atoms with Crippen molar-refractivity contribution < 1.29 is 4.79 Å². The van der Waals surface area contributed by atoms with Gasteiger partial charge in [0, 0.05) is 11.6 Å². The summed E-state index contributed by atoms with van der Waals surface area (Å²) in [5.41, 5.74) is 5.52. The summed E-state index contributed by atoms with van der Waals surface area (Å²) in [7, 11) is 0. The highest BCUT2D eigenvalue weighted by Crippen LogP contribution is 2.26. The molecule has 4 aromatic rings. The lowest BCUT2D eigenvalue weighted by Gasteiger charge is -2.11. The van der Waals surface area contributed by atoms with Crippen LogP contribution >= 0.6 is 23.4 Å². The highest BCUT2D eigenvalue weighted by atomic mass is 35.5. The van der Waals surface area contributed by atoms with Crippen molar-refractivity contribution >= 4 is 40.3 Å². The summed E-state index contributed by atoms with van der Waals surface area (Å²) in [6, 6.07) is 23.9. The first-order chi connectivity index (χ1) is 14.6. The molecular weight excluding hydrogens is 414 g/mol. The Morgan fingerprint density at radius 3 is 2.57 bits per heavy atom. The minimum Gasteiger partial charge on any atom is -0.351 e. The first-order valence-electron chi connectivity index (χ1n) is 9.74. The number of thioether (sulfide) groups is 1. The van der Waals surface area contributed by atoms with E-state index in [1.807, 2.05) is 48.5 Å². The minimum absolute atomic E-state index is 0.0237. The molecule has 0 radical (unpaired) electrons. The monoisotopic (exact) mass is 435 g/mol. The van der Waals surface area contributed by atoms with Crippen LogP contribution in [0.1, 0.15) is 16.7 Å². The molecule has 1 N–H and O–H groups in total. The maximum Gasteiger partial charge on any atom is 0.230 e. The minimum atomic E-state index is -0.0237. The van der Waals surface area contributed by atoms with Gasteiger partial charge < -0.3 is 9.88 Å². The van der Waals surface area contributed by atoms with Crippen LogP contribution < -0.4 is 5.32 Å². The molecule has 0 aliphatic heterocycles. The first-order valence-corrected chi connectivity index (χ1v) is 11.1. The third-order valence-electron chi connectivity index (χ3n) is 4.94. The number of fused-ring (bicyclic) bond motifs is 1. The molecule has 3 aromatic carbocycles. The van der Waals surface area contributed by atoms with Gasteiger partial charge in [-0.15, -0.1) is 0 Å². The van der Waals surface area contributed by atoms with Crippen molar-refractivity contribution in [2.24, 2.45) is 0 Å². The molecule has 0 unspecified atom stereocenters. The fourth-order valence-corrected chi connectivity index (χ4v) is 4.23. The number of carbonyl (C=O) groups is 1. The molecule has 4 nitrogen and oxygen atoms in total. The number of nitrogens with zero attached hydrogens (tertiary/aromatic N) is 2. The van der Waals surface area contributed by atoms with E-state index >= 15 is 0 Å². The zero-order valence-electron chi connectivity index (χ0n) is 16.6. The van der Waals surface area contributed by atoms with Crippen LogP contribution in [-0.4, -0.2) is 21.2 Å². The lowest BCUT2D eigenvalue weighted by molar-refractivity contribution is -0.118. The van der Waals surface area contributed by atoms with Gasteiger partial charge in [0.25, 0.3) is 0 Å². The molecule has 30 heavy (non-hydrogen) atoms. The van der Waals surface area contributed by atoms with E-state index in [-0.39, 0.29) is 5.91 Å². The molecule has 1 amide bonds. The maximum absolute atomic E-state index is 12.4. The molecule has 0 bridgehead atoms. The molecule has 0 aliphatic carbocycles. The molecule has 0 aliphatic rings. The third kappa shape index (κ3) is 4.86. The molecule has 0 atom stereocenters. The number of aromatic nitrogens is 2. The van der Waals surface area contributed by atoms with E-state index < -0.39 is 0 Å². The third-order valence-corrected chi connectivity index (χ3v) is 6.17. The zero-order chi connectivity index (χ0) is 20.9. The van der Waals surface area contributed by atoms with Crippen molar-refractivity contribution in [3.05, 3.63) is 94.5 Å². The number of para-hydroxylation sites is 2. The largest absolute Gasteiger partial charge is 0.351 e. The van der Waals surface area contributed by atoms with E-state index in [0.29, 0.717) is 17.3 Å². The topological polar surface area (TPSA) is 46.9 Å². The molecule has 1 aromatic heterocycles. The predicted octanol–water partition coefficient (Wildman–Crippen LogP) is 5.45. The summed E-state index contributed by atoms with van der Waals surface area (Å²) >= 11 is 7.37. The summed E-state index contributed by atoms with van der Waals surface area (Å²) in [5, 5.41) is 4.50. The van der Waals surface area contributed by atoms with Crippen molar-refractivity contribution in [3.8, 4) is 0 Å². The van der Waals surface area contributed by atoms with Crippen molar-refractivity contribution in [3.63, 3.8) is 0 Å². The van der Waals surface area contributed by atoms with E-state index in [1.54, 1.807) is 0 Å². The van der Waals surface area contributed by atoms with Gasteiger partial charge in [0.1, 0.15) is 0 Å². The van der Waals surface area contributed by atoms with E-state index in [2.05, 4.69) is 41.1 Å². The Bertz CT molecular complexity index is 1170. The SMILES string of the molecule is Cc1ccccc1Cn1c(SCC(=O)NCc2ccc(Cl)cc2)nc2ccccc21. The van der Waals surface area contributed by atoms with Gasteiger partial charge in [0.2, 0.25) is 5.91 Å². The van der Waals surface area contributed by atoms with Crippen LogP contribution in [0.25, 0.3) is 11.0 Å². The highest BCUT2D eigenvalue weighted by Gasteiger charge is 2.14. The van der Waals surface area contributed by atoms with Crippen molar-refractivity contribution in [1.82, 2.24) is 14.9 Å². The van der Waals surface area contributed by atoms with Crippen LogP contribution in [0.3, 0.4) is 0 Å². The maximum atomic E-state index is 12.4. The van der Waals surface area contributed by atoms with Crippen LogP contribution in [0.15, 0.2) is 78.0 Å². The van der Waals surface area contributed by atoms with Gasteiger partial charge in [0.15, 0.2) is 5.16 Å². The van der Waals surface area contributed by atoms with Gasteiger partial charge >= 0.3 is 0 Å². The van der Waals surface area contributed by atoms with Gasteiger partial charge in [-0.05, 0) is 47.9 Å². The molecule has 6 heteroatoms. The van der Waals surface area contributed by atoms with Crippen molar-refractivity contribution in [1.29, 1.82) is 0 Å². The van der Waals surface area contributed by atoms with Gasteiger partial charge in [-0.3, -0.25) is 4.79 Å². The van der Waals surface area contributed by atoms with Crippen LogP contribution in [0.5, 0.6) is 0 Å². The molecule has 1 heterocycles. The summed E-state index contributed by atoms with van der Waals surface area (Å²) in [5.74, 6) is 0.287. The summed E-state index contributed by atoms with van der Waals surface area (Å²) in [6.45, 7) is 3.32. The van der Waals surface area contributed by atoms with Gasteiger partial charge in [-0.1, -0.05) is 71.9 Å². The molecule has 0 spiro atoms. The molecule has 0 saturated heterocycles. The van der Waals surface area contributed by atoms with Crippen LogP contribution in [0.2, 0.25) is 5.02 Å². The molecule has 0 saturated carbocycles. The highest BCUT2D eigenvalue weighted by molar-refractivity contribution is 7.99. The zero-order valence-corrected chi connectivity index (χ0v) is 18.2. The Morgan fingerprint density at radius 2 is 1.77 bits per heavy atom. The smallest absolute Gasteiger partial charge is 0.230 e. The second-order valence-electron chi connectivity index (χ2n) is 7.09. The van der Waals surface area contributed by atoms with Crippen LogP contribution in [0.4, 0.5) is 0 Å². The number of aryl methyl sites for hydroxylation is 1. The lowest BCUT2D eigenvalue weighted by Crippen LogP contribution is -2.24. The van der Waals surface area contributed by atoms with Crippen LogP contribution in [0, 0.1) is 6.92 Å². The number of rotatable bonds is 7. The van der Waals surface area contributed by atoms with E-state index in [9.17, 15) is 4.79 Å². The summed E-state index contributed by atoms with van der Waals surface area (Å²) in [4.78, 5) is 17.2. The second kappa shape index (κ2) is 9.37. The average Bonchev–Trinajstić information content (AvgIpc) is 3.11. The first kappa shape index (κ1) is 20.5. The number of imidazole rings is 1. The Balaban J connectivity index is 1.47. The Morgan fingerprint density at radius 1 is 1.03 bits per heavy atom. The van der Waals surface area contributed by atoms with Crippen molar-refractivity contribution in [2.45, 2.75) is 25.2 Å². The number of amides is 1. The quantitative estimate of drug-likeness (QED) is 0.392. The van der Waals surface area contributed by atoms with Gasteiger partial charge in [0.05, 0.1) is 23.3 Å². The number of halogens is 1. The van der Waals surface area contributed by atoms with E-state index in [4.69, 9.17) is 16.6 Å². The molecular formula is C24H22ClN3OS. The number of benzene rings is 3. The number of hydrogen-bond donors (Lipinski definition) is 1. The average molecular weight is 436 g/mol. The Kier molecular flexibility index (Phi) is 6.41. The van der Waals surface area contributed by atoms with Crippen LogP contribution in [-0.2, 0) is 17.9 Å². The van der Waals surface area contributed by atoms with E-state index in [0.717, 1.165) is 28.3 Å². The van der Waals surface area contributed by atoms with E-state index in [1.165, 1.54) is 22.9 Å². The fraction of sp³-hybridized carbons (Fsp3) is 0.167. The second-order valence-corrected chi connectivity index (χ2v) is 8.47. The standard InChI is InChI=1S/C24H22ClN3OS/c1-17-6-2-3-7-19(17)15-28-22-9-5-4-8-21(22)27-24(28)30-16-23(29)26-14-18-10-12-20(25)13-11-18/h2-13H,14-16H2,1H3,(H,26,29). The van der Waals surface area contributed by atoms with Gasteiger partial charge in [-0.2, -0.15) is 0 Å².